The number of carbonyl (C=O) groups excluding carboxylic acids is 3. The summed E-state index contributed by atoms with van der Waals surface area (Å²) in [5.41, 5.74) is 5.84. The molecule has 130 valence electrons. The lowest BCUT2D eigenvalue weighted by atomic mass is 10.2. The van der Waals surface area contributed by atoms with Crippen molar-refractivity contribution in [1.82, 2.24) is 0 Å². The average molecular weight is 399 g/mol. The molecule has 1 aromatic carbocycles. The normalized spacial score (nSPS) is 10.6. The van der Waals surface area contributed by atoms with E-state index in [0.717, 1.165) is 17.4 Å². The van der Waals surface area contributed by atoms with E-state index in [0.29, 0.717) is 20.6 Å². The molecule has 0 fully saturated rings. The van der Waals surface area contributed by atoms with Crippen molar-refractivity contribution in [1.29, 1.82) is 0 Å². The van der Waals surface area contributed by atoms with Gasteiger partial charge in [-0.15, -0.1) is 11.3 Å². The number of nitrogens with two attached hydrogens (primary N) is 1. The zero-order valence-electron chi connectivity index (χ0n) is 12.6. The molecule has 3 N–H and O–H groups in total. The van der Waals surface area contributed by atoms with Gasteiger partial charge in [-0.2, -0.15) is 0 Å². The number of hydrogen-bond donors (Lipinski definition) is 2. The number of amides is 2. The maximum Gasteiger partial charge on any atom is 0.331 e. The maximum atomic E-state index is 11.8. The molecule has 0 aliphatic rings. The number of primary amides is 1. The second kappa shape index (κ2) is 8.66. The van der Waals surface area contributed by atoms with Gasteiger partial charge in [-0.3, -0.25) is 9.59 Å². The van der Waals surface area contributed by atoms with Crippen molar-refractivity contribution < 1.29 is 19.1 Å². The minimum absolute atomic E-state index is 0.193. The van der Waals surface area contributed by atoms with Crippen LogP contribution in [0.3, 0.4) is 0 Å². The van der Waals surface area contributed by atoms with Crippen molar-refractivity contribution in [3.63, 3.8) is 0 Å². The predicted octanol–water partition coefficient (Wildman–Crippen LogP) is 3.35. The number of nitrogens with one attached hydrogen (secondary N) is 1. The number of hydrogen-bond acceptors (Lipinski definition) is 5. The fourth-order valence-electron chi connectivity index (χ4n) is 1.77. The van der Waals surface area contributed by atoms with Gasteiger partial charge in [-0.05, 0) is 29.7 Å². The molecule has 9 heteroatoms. The quantitative estimate of drug-likeness (QED) is 0.575. The molecule has 1 heterocycles. The molecule has 0 aliphatic carbocycles. The van der Waals surface area contributed by atoms with Gasteiger partial charge in [0.25, 0.3) is 11.8 Å². The van der Waals surface area contributed by atoms with Gasteiger partial charge < -0.3 is 15.8 Å². The van der Waals surface area contributed by atoms with Gasteiger partial charge in [0.15, 0.2) is 6.61 Å². The van der Waals surface area contributed by atoms with Gasteiger partial charge in [0, 0.05) is 21.7 Å². The second-order valence-electron chi connectivity index (χ2n) is 4.65. The topological polar surface area (TPSA) is 98.5 Å². The number of carbonyl (C=O) groups is 3. The Morgan fingerprint density at radius 1 is 1.20 bits per heavy atom. The Hall–Kier alpha value is -2.35. The van der Waals surface area contributed by atoms with Gasteiger partial charge in [-0.1, -0.05) is 29.3 Å². The third kappa shape index (κ3) is 5.32. The summed E-state index contributed by atoms with van der Waals surface area (Å²) in [6.07, 6.45) is 2.51. The Kier molecular flexibility index (Phi) is 6.58. The summed E-state index contributed by atoms with van der Waals surface area (Å²) in [6, 6.07) is 6.42. The highest BCUT2D eigenvalue weighted by Crippen LogP contribution is 2.25. The third-order valence-corrected chi connectivity index (χ3v) is 4.40. The molecule has 0 unspecified atom stereocenters. The summed E-state index contributed by atoms with van der Waals surface area (Å²) in [4.78, 5) is 34.6. The minimum atomic E-state index is -0.743. The molecule has 0 radical (unpaired) electrons. The molecule has 1 aromatic heterocycles. The lowest BCUT2D eigenvalue weighted by Gasteiger charge is -2.05. The molecule has 0 atom stereocenters. The highest BCUT2D eigenvalue weighted by Gasteiger charge is 2.13. The number of thiophene rings is 1. The van der Waals surface area contributed by atoms with E-state index >= 15 is 0 Å². The lowest BCUT2D eigenvalue weighted by Crippen LogP contribution is -2.21. The fraction of sp³-hybridized carbons (Fsp3) is 0.0625. The number of anilines is 1. The van der Waals surface area contributed by atoms with Crippen LogP contribution < -0.4 is 11.1 Å². The van der Waals surface area contributed by atoms with E-state index in [2.05, 4.69) is 5.32 Å². The molecule has 0 spiro atoms. The zero-order valence-corrected chi connectivity index (χ0v) is 15.0. The SMILES string of the molecule is NC(=O)c1ccsc1NC(=O)COC(=O)/C=C/c1c(Cl)cccc1Cl. The number of benzene rings is 1. The van der Waals surface area contributed by atoms with Crippen LogP contribution in [-0.2, 0) is 14.3 Å². The van der Waals surface area contributed by atoms with Crippen molar-refractivity contribution in [3.8, 4) is 0 Å². The Labute approximate surface area is 157 Å². The van der Waals surface area contributed by atoms with Gasteiger partial charge >= 0.3 is 5.97 Å². The largest absolute Gasteiger partial charge is 0.452 e. The summed E-state index contributed by atoms with van der Waals surface area (Å²) in [6.45, 7) is -0.518. The Balaban J connectivity index is 1.89. The van der Waals surface area contributed by atoms with E-state index in [1.54, 1.807) is 23.6 Å². The van der Waals surface area contributed by atoms with E-state index in [1.165, 1.54) is 12.1 Å². The molecule has 2 rings (SSSR count). The molecule has 6 nitrogen and oxygen atoms in total. The van der Waals surface area contributed by atoms with Gasteiger partial charge in [-0.25, -0.2) is 4.79 Å². The number of ether oxygens (including phenoxy) is 1. The first-order chi connectivity index (χ1) is 11.9. The Bertz CT molecular complexity index is 828. The fourth-order valence-corrected chi connectivity index (χ4v) is 3.10. The summed E-state index contributed by atoms with van der Waals surface area (Å²) in [5, 5.41) is 5.12. The van der Waals surface area contributed by atoms with E-state index in [1.807, 2.05) is 0 Å². The van der Waals surface area contributed by atoms with Crippen LogP contribution in [0.2, 0.25) is 10.0 Å². The molecule has 0 saturated heterocycles. The highest BCUT2D eigenvalue weighted by molar-refractivity contribution is 7.14. The minimum Gasteiger partial charge on any atom is -0.452 e. The van der Waals surface area contributed by atoms with Crippen molar-refractivity contribution in [2.24, 2.45) is 5.73 Å². The summed E-state index contributed by atoms with van der Waals surface area (Å²) in [5.74, 6) is -2.00. The van der Waals surface area contributed by atoms with Gasteiger partial charge in [0.2, 0.25) is 0 Å². The average Bonchev–Trinajstić information content (AvgIpc) is 3.01. The molecule has 2 aromatic rings. The smallest absolute Gasteiger partial charge is 0.331 e. The number of rotatable bonds is 6. The van der Waals surface area contributed by atoms with E-state index < -0.39 is 24.4 Å². The van der Waals surface area contributed by atoms with Crippen LogP contribution in [0.25, 0.3) is 6.08 Å². The van der Waals surface area contributed by atoms with Crippen LogP contribution in [0.15, 0.2) is 35.7 Å². The van der Waals surface area contributed by atoms with Gasteiger partial charge in [0.05, 0.1) is 5.56 Å². The van der Waals surface area contributed by atoms with Crippen LogP contribution in [0.5, 0.6) is 0 Å². The van der Waals surface area contributed by atoms with Crippen molar-refractivity contribution in [2.45, 2.75) is 0 Å². The molecule has 0 aliphatic heterocycles. The molecule has 0 saturated carbocycles. The van der Waals surface area contributed by atoms with Crippen LogP contribution in [0, 0.1) is 0 Å². The lowest BCUT2D eigenvalue weighted by molar-refractivity contribution is -0.142. The van der Waals surface area contributed by atoms with Crippen LogP contribution in [-0.4, -0.2) is 24.4 Å². The molecule has 25 heavy (non-hydrogen) atoms. The molecular formula is C16H12Cl2N2O4S. The highest BCUT2D eigenvalue weighted by atomic mass is 35.5. The third-order valence-electron chi connectivity index (χ3n) is 2.91. The zero-order chi connectivity index (χ0) is 18.4. The number of esters is 1. The van der Waals surface area contributed by atoms with Crippen LogP contribution in [0.4, 0.5) is 5.00 Å². The summed E-state index contributed by atoms with van der Waals surface area (Å²) in [7, 11) is 0. The molecule has 0 bridgehead atoms. The van der Waals surface area contributed by atoms with Crippen molar-refractivity contribution in [3.05, 3.63) is 56.9 Å². The second-order valence-corrected chi connectivity index (χ2v) is 6.38. The Morgan fingerprint density at radius 2 is 1.88 bits per heavy atom. The first-order valence-electron chi connectivity index (χ1n) is 6.84. The van der Waals surface area contributed by atoms with Crippen LogP contribution >= 0.6 is 34.5 Å². The van der Waals surface area contributed by atoms with E-state index in [9.17, 15) is 14.4 Å². The molecular weight excluding hydrogens is 387 g/mol. The maximum absolute atomic E-state index is 11.8. The van der Waals surface area contributed by atoms with Gasteiger partial charge in [0.1, 0.15) is 5.00 Å². The molecule has 2 amide bonds. The van der Waals surface area contributed by atoms with E-state index in [-0.39, 0.29) is 5.56 Å². The van der Waals surface area contributed by atoms with Crippen LogP contribution in [0.1, 0.15) is 15.9 Å². The van der Waals surface area contributed by atoms with Crippen molar-refractivity contribution in [2.75, 3.05) is 11.9 Å². The monoisotopic (exact) mass is 398 g/mol. The van der Waals surface area contributed by atoms with E-state index in [4.69, 9.17) is 33.7 Å². The standard InChI is InChI=1S/C16H12Cl2N2O4S/c17-11-2-1-3-12(18)9(11)4-5-14(22)24-8-13(21)20-16-10(15(19)23)6-7-25-16/h1-7H,8H2,(H2,19,23)(H,20,21)/b5-4+. The summed E-state index contributed by atoms with van der Waals surface area (Å²) < 4.78 is 4.82. The predicted molar refractivity (Wildman–Crippen MR) is 97.9 cm³/mol. The first-order valence-corrected chi connectivity index (χ1v) is 8.48. The summed E-state index contributed by atoms with van der Waals surface area (Å²) >= 11 is 13.1. The first kappa shape index (κ1) is 19.0. The Morgan fingerprint density at radius 3 is 2.52 bits per heavy atom. The number of halogens is 2. The van der Waals surface area contributed by atoms with Crippen molar-refractivity contribution >= 4 is 63.4 Å².